The van der Waals surface area contributed by atoms with Crippen molar-refractivity contribution < 1.29 is 9.90 Å². The van der Waals surface area contributed by atoms with Gasteiger partial charge in [0.15, 0.2) is 0 Å². The second kappa shape index (κ2) is 5.38. The number of aromatic nitrogens is 2. The Morgan fingerprint density at radius 1 is 1.26 bits per heavy atom. The number of hydrogen-bond donors (Lipinski definition) is 1. The van der Waals surface area contributed by atoms with Crippen molar-refractivity contribution in [1.82, 2.24) is 9.97 Å². The first-order chi connectivity index (χ1) is 8.86. The van der Waals surface area contributed by atoms with Gasteiger partial charge in [-0.2, -0.15) is 0 Å². The van der Waals surface area contributed by atoms with Gasteiger partial charge in [0.1, 0.15) is 10.7 Å². The molecule has 0 saturated heterocycles. The minimum atomic E-state index is -0.793. The summed E-state index contributed by atoms with van der Waals surface area (Å²) < 4.78 is 0. The minimum absolute atomic E-state index is 0.0479. The predicted octanol–water partition coefficient (Wildman–Crippen LogP) is 3.58. The van der Waals surface area contributed by atoms with E-state index in [-0.39, 0.29) is 11.8 Å². The van der Waals surface area contributed by atoms with Crippen molar-refractivity contribution in [3.05, 3.63) is 21.5 Å². The van der Waals surface area contributed by atoms with Crippen LogP contribution < -0.4 is 0 Å². The van der Waals surface area contributed by atoms with E-state index >= 15 is 0 Å². The molecule has 0 aliphatic heterocycles. The van der Waals surface area contributed by atoms with Crippen LogP contribution >= 0.6 is 22.7 Å². The average Bonchev–Trinajstić information content (AvgIpc) is 2.94. The molecule has 0 saturated carbocycles. The largest absolute Gasteiger partial charge is 0.481 e. The summed E-state index contributed by atoms with van der Waals surface area (Å²) in [5.41, 5.74) is 1.76. The highest BCUT2D eigenvalue weighted by Crippen LogP contribution is 2.31. The molecule has 0 spiro atoms. The Hall–Kier alpha value is -1.27. The molecule has 0 aliphatic carbocycles. The van der Waals surface area contributed by atoms with Crippen LogP contribution in [0.5, 0.6) is 0 Å². The van der Waals surface area contributed by atoms with Crippen LogP contribution in [0.2, 0.25) is 0 Å². The van der Waals surface area contributed by atoms with Gasteiger partial charge in [-0.05, 0) is 0 Å². The summed E-state index contributed by atoms with van der Waals surface area (Å²) in [7, 11) is 0. The van der Waals surface area contributed by atoms with Crippen LogP contribution in [0.3, 0.4) is 0 Å². The zero-order valence-electron chi connectivity index (χ0n) is 11.1. The Morgan fingerprint density at radius 3 is 2.58 bits per heavy atom. The fourth-order valence-corrected chi connectivity index (χ4v) is 3.27. The number of aliphatic carboxylic acids is 1. The van der Waals surface area contributed by atoms with E-state index in [9.17, 15) is 4.79 Å². The topological polar surface area (TPSA) is 63.1 Å². The lowest BCUT2D eigenvalue weighted by Crippen LogP contribution is -2.10. The predicted molar refractivity (Wildman–Crippen MR) is 77.9 cm³/mol. The maximum Gasteiger partial charge on any atom is 0.303 e. The van der Waals surface area contributed by atoms with Gasteiger partial charge in [0.05, 0.1) is 17.1 Å². The Labute approximate surface area is 120 Å². The third-order valence-corrected chi connectivity index (χ3v) is 4.69. The SMILES string of the molecule is CC(C)(C)c1nc(-c2nc(CCC(=O)O)cs2)cs1. The van der Waals surface area contributed by atoms with Crippen LogP contribution in [-0.2, 0) is 16.6 Å². The van der Waals surface area contributed by atoms with Crippen molar-refractivity contribution in [2.75, 3.05) is 0 Å². The Morgan fingerprint density at radius 2 is 2.00 bits per heavy atom. The van der Waals surface area contributed by atoms with E-state index in [4.69, 9.17) is 5.11 Å². The van der Waals surface area contributed by atoms with Crippen LogP contribution in [0.25, 0.3) is 10.7 Å². The molecule has 2 aromatic heterocycles. The second-order valence-electron chi connectivity index (χ2n) is 5.33. The maximum absolute atomic E-state index is 10.5. The standard InChI is InChI=1S/C13H16N2O2S2/c1-13(2,3)12-15-9(7-19-12)11-14-8(6-18-11)4-5-10(16)17/h6-7H,4-5H2,1-3H3,(H,16,17). The number of rotatable bonds is 4. The summed E-state index contributed by atoms with van der Waals surface area (Å²) in [5, 5.41) is 14.5. The quantitative estimate of drug-likeness (QED) is 0.936. The summed E-state index contributed by atoms with van der Waals surface area (Å²) >= 11 is 3.16. The van der Waals surface area contributed by atoms with Crippen LogP contribution in [0, 0.1) is 0 Å². The fraction of sp³-hybridized carbons (Fsp3) is 0.462. The highest BCUT2D eigenvalue weighted by Gasteiger charge is 2.19. The molecule has 102 valence electrons. The maximum atomic E-state index is 10.5. The Balaban J connectivity index is 2.14. The molecule has 0 unspecified atom stereocenters. The van der Waals surface area contributed by atoms with Crippen LogP contribution in [0.4, 0.5) is 0 Å². The lowest BCUT2D eigenvalue weighted by atomic mass is 9.98. The van der Waals surface area contributed by atoms with Crippen molar-refractivity contribution in [1.29, 1.82) is 0 Å². The first kappa shape index (κ1) is 14.1. The number of carboxylic acids is 1. The van der Waals surface area contributed by atoms with Crippen LogP contribution in [0.1, 0.15) is 37.9 Å². The molecular weight excluding hydrogens is 280 g/mol. The molecular formula is C13H16N2O2S2. The van der Waals surface area contributed by atoms with Crippen molar-refractivity contribution in [3.8, 4) is 10.7 Å². The van der Waals surface area contributed by atoms with E-state index in [0.29, 0.717) is 6.42 Å². The number of carbonyl (C=O) groups is 1. The van der Waals surface area contributed by atoms with Crippen molar-refractivity contribution in [3.63, 3.8) is 0 Å². The van der Waals surface area contributed by atoms with Gasteiger partial charge in [-0.1, -0.05) is 20.8 Å². The third kappa shape index (κ3) is 3.61. The first-order valence-corrected chi connectivity index (χ1v) is 7.75. The van der Waals surface area contributed by atoms with Gasteiger partial charge >= 0.3 is 5.97 Å². The summed E-state index contributed by atoms with van der Waals surface area (Å²) in [6.07, 6.45) is 0.593. The molecule has 0 radical (unpaired) electrons. The molecule has 0 atom stereocenters. The van der Waals surface area contributed by atoms with E-state index < -0.39 is 5.97 Å². The summed E-state index contributed by atoms with van der Waals surface area (Å²) in [4.78, 5) is 19.6. The Bertz CT molecular complexity index is 581. The molecule has 19 heavy (non-hydrogen) atoms. The molecule has 0 aliphatic rings. The van der Waals surface area contributed by atoms with Gasteiger partial charge in [0.2, 0.25) is 0 Å². The normalized spacial score (nSPS) is 11.7. The molecule has 0 aromatic carbocycles. The van der Waals surface area contributed by atoms with Crippen molar-refractivity contribution >= 4 is 28.6 Å². The molecule has 0 fully saturated rings. The fourth-order valence-electron chi connectivity index (χ4n) is 1.49. The minimum Gasteiger partial charge on any atom is -0.481 e. The lowest BCUT2D eigenvalue weighted by Gasteiger charge is -2.13. The van der Waals surface area contributed by atoms with E-state index in [2.05, 4.69) is 30.7 Å². The van der Waals surface area contributed by atoms with Gasteiger partial charge in [0, 0.05) is 22.6 Å². The van der Waals surface area contributed by atoms with Gasteiger partial charge in [-0.25, -0.2) is 9.97 Å². The lowest BCUT2D eigenvalue weighted by molar-refractivity contribution is -0.136. The molecule has 0 amide bonds. The Kier molecular flexibility index (Phi) is 4.01. The van der Waals surface area contributed by atoms with E-state index in [1.54, 1.807) is 11.3 Å². The first-order valence-electron chi connectivity index (χ1n) is 5.99. The number of nitrogens with zero attached hydrogens (tertiary/aromatic N) is 2. The highest BCUT2D eigenvalue weighted by molar-refractivity contribution is 7.14. The van der Waals surface area contributed by atoms with Gasteiger partial charge < -0.3 is 5.11 Å². The molecule has 2 aromatic rings. The van der Waals surface area contributed by atoms with E-state index in [1.165, 1.54) is 11.3 Å². The van der Waals surface area contributed by atoms with Crippen molar-refractivity contribution in [2.24, 2.45) is 0 Å². The summed E-state index contributed by atoms with van der Waals surface area (Å²) in [6.45, 7) is 6.40. The van der Waals surface area contributed by atoms with Crippen LogP contribution in [-0.4, -0.2) is 21.0 Å². The second-order valence-corrected chi connectivity index (χ2v) is 7.04. The molecule has 6 heteroatoms. The number of carboxylic acid groups (broad SMARTS) is 1. The number of aryl methyl sites for hydroxylation is 1. The zero-order valence-corrected chi connectivity index (χ0v) is 12.8. The number of thiazole rings is 2. The van der Waals surface area contributed by atoms with Crippen LogP contribution in [0.15, 0.2) is 10.8 Å². The van der Waals surface area contributed by atoms with E-state index in [1.807, 2.05) is 10.8 Å². The van der Waals surface area contributed by atoms with Crippen molar-refractivity contribution in [2.45, 2.75) is 39.0 Å². The zero-order chi connectivity index (χ0) is 14.0. The van der Waals surface area contributed by atoms with Gasteiger partial charge in [0.25, 0.3) is 0 Å². The molecule has 0 bridgehead atoms. The summed E-state index contributed by atoms with van der Waals surface area (Å²) in [5.74, 6) is -0.793. The molecule has 2 rings (SSSR count). The third-order valence-electron chi connectivity index (χ3n) is 2.51. The highest BCUT2D eigenvalue weighted by atomic mass is 32.1. The molecule has 4 nitrogen and oxygen atoms in total. The average molecular weight is 296 g/mol. The molecule has 1 N–H and O–H groups in total. The monoisotopic (exact) mass is 296 g/mol. The molecule has 2 heterocycles. The smallest absolute Gasteiger partial charge is 0.303 e. The van der Waals surface area contributed by atoms with E-state index in [0.717, 1.165) is 21.4 Å². The van der Waals surface area contributed by atoms with Gasteiger partial charge in [-0.15, -0.1) is 22.7 Å². The van der Waals surface area contributed by atoms with Gasteiger partial charge in [-0.3, -0.25) is 4.79 Å². The summed E-state index contributed by atoms with van der Waals surface area (Å²) in [6, 6.07) is 0. The number of hydrogen-bond acceptors (Lipinski definition) is 5.